The van der Waals surface area contributed by atoms with Crippen LogP contribution in [0.4, 0.5) is 4.39 Å². The van der Waals surface area contributed by atoms with Crippen LogP contribution in [0, 0.1) is 5.82 Å². The quantitative estimate of drug-likeness (QED) is 0.884. The van der Waals surface area contributed by atoms with Crippen molar-refractivity contribution in [2.45, 2.75) is 25.8 Å². The third-order valence-electron chi connectivity index (χ3n) is 3.52. The van der Waals surface area contributed by atoms with E-state index in [1.54, 1.807) is 6.07 Å². The lowest BCUT2D eigenvalue weighted by Gasteiger charge is -2.18. The van der Waals surface area contributed by atoms with Gasteiger partial charge >= 0.3 is 0 Å². The fourth-order valence-corrected chi connectivity index (χ4v) is 2.46. The average molecular weight is 271 g/mol. The van der Waals surface area contributed by atoms with Crippen molar-refractivity contribution in [1.29, 1.82) is 0 Å². The zero-order valence-electron chi connectivity index (χ0n) is 10.8. The monoisotopic (exact) mass is 270 g/mol. The van der Waals surface area contributed by atoms with Gasteiger partial charge in [-0.2, -0.15) is 0 Å². The Labute approximate surface area is 113 Å². The van der Waals surface area contributed by atoms with Gasteiger partial charge in [-0.1, -0.05) is 17.7 Å². The molecule has 1 atom stereocenters. The first-order chi connectivity index (χ1) is 8.66. The van der Waals surface area contributed by atoms with Crippen molar-refractivity contribution < 1.29 is 4.39 Å². The predicted molar refractivity (Wildman–Crippen MR) is 73.5 cm³/mol. The number of rotatable bonds is 5. The van der Waals surface area contributed by atoms with E-state index in [4.69, 9.17) is 11.6 Å². The Morgan fingerprint density at radius 2 is 2.11 bits per heavy atom. The molecular formula is C14H20ClFN2. The number of likely N-dealkylation sites (tertiary alicyclic amines) is 1. The molecule has 2 nitrogen and oxygen atoms in total. The van der Waals surface area contributed by atoms with Gasteiger partial charge in [-0.25, -0.2) is 4.39 Å². The molecule has 1 saturated heterocycles. The van der Waals surface area contributed by atoms with Gasteiger partial charge in [0.2, 0.25) is 0 Å². The summed E-state index contributed by atoms with van der Waals surface area (Å²) < 4.78 is 13.3. The molecule has 1 aromatic rings. The first-order valence-electron chi connectivity index (χ1n) is 6.57. The second kappa shape index (κ2) is 6.50. The molecule has 1 aromatic carbocycles. The standard InChI is InChI=1S/C14H20ClFN2/c1-11(12-4-5-13(15)14(16)10-12)17-6-9-18-7-2-3-8-18/h4-5,10-11,17H,2-3,6-9H2,1H3. The summed E-state index contributed by atoms with van der Waals surface area (Å²) in [6.07, 6.45) is 2.63. The van der Waals surface area contributed by atoms with Crippen molar-refractivity contribution in [3.8, 4) is 0 Å². The van der Waals surface area contributed by atoms with E-state index in [0.717, 1.165) is 18.7 Å². The summed E-state index contributed by atoms with van der Waals surface area (Å²) in [6, 6.07) is 5.15. The van der Waals surface area contributed by atoms with E-state index < -0.39 is 0 Å². The lowest BCUT2D eigenvalue weighted by atomic mass is 10.1. The molecule has 4 heteroatoms. The molecule has 1 heterocycles. The molecule has 0 bridgehead atoms. The number of halogens is 2. The van der Waals surface area contributed by atoms with Gasteiger partial charge < -0.3 is 10.2 Å². The molecule has 18 heavy (non-hydrogen) atoms. The normalized spacial score (nSPS) is 18.2. The summed E-state index contributed by atoms with van der Waals surface area (Å²) in [6.45, 7) is 6.48. The predicted octanol–water partition coefficient (Wildman–Crippen LogP) is 3.23. The maximum atomic E-state index is 13.3. The molecule has 0 radical (unpaired) electrons. The van der Waals surface area contributed by atoms with E-state index in [1.807, 2.05) is 13.0 Å². The minimum absolute atomic E-state index is 0.152. The Hall–Kier alpha value is -0.640. The van der Waals surface area contributed by atoms with Gasteiger partial charge in [0, 0.05) is 19.1 Å². The maximum Gasteiger partial charge on any atom is 0.142 e. The van der Waals surface area contributed by atoms with Crippen molar-refractivity contribution in [3.05, 3.63) is 34.6 Å². The highest BCUT2D eigenvalue weighted by atomic mass is 35.5. The first kappa shape index (κ1) is 13.8. The molecule has 1 aliphatic heterocycles. The zero-order chi connectivity index (χ0) is 13.0. The number of hydrogen-bond donors (Lipinski definition) is 1. The number of benzene rings is 1. The summed E-state index contributed by atoms with van der Waals surface area (Å²) >= 11 is 5.67. The molecular weight excluding hydrogens is 251 g/mol. The lowest BCUT2D eigenvalue weighted by Crippen LogP contribution is -2.31. The highest BCUT2D eigenvalue weighted by Crippen LogP contribution is 2.19. The minimum Gasteiger partial charge on any atom is -0.309 e. The molecule has 1 fully saturated rings. The summed E-state index contributed by atoms with van der Waals surface area (Å²) in [5.41, 5.74) is 0.943. The SMILES string of the molecule is CC(NCCN1CCCC1)c1ccc(Cl)c(F)c1. The maximum absolute atomic E-state index is 13.3. The van der Waals surface area contributed by atoms with Crippen LogP contribution in [0.5, 0.6) is 0 Å². The van der Waals surface area contributed by atoms with Crippen molar-refractivity contribution in [3.63, 3.8) is 0 Å². The van der Waals surface area contributed by atoms with Gasteiger partial charge in [0.1, 0.15) is 5.82 Å². The van der Waals surface area contributed by atoms with Gasteiger partial charge in [-0.05, 0) is 50.6 Å². The molecule has 0 aliphatic carbocycles. The van der Waals surface area contributed by atoms with Crippen LogP contribution < -0.4 is 5.32 Å². The molecule has 1 aliphatic rings. The van der Waals surface area contributed by atoms with Crippen LogP contribution in [0.1, 0.15) is 31.4 Å². The second-order valence-electron chi connectivity index (χ2n) is 4.90. The molecule has 0 amide bonds. The Kier molecular flexibility index (Phi) is 4.98. The van der Waals surface area contributed by atoms with E-state index in [1.165, 1.54) is 32.0 Å². The van der Waals surface area contributed by atoms with E-state index >= 15 is 0 Å². The first-order valence-corrected chi connectivity index (χ1v) is 6.95. The molecule has 0 saturated carbocycles. The Morgan fingerprint density at radius 3 is 2.78 bits per heavy atom. The van der Waals surface area contributed by atoms with Gasteiger partial charge in [0.05, 0.1) is 5.02 Å². The molecule has 0 spiro atoms. The lowest BCUT2D eigenvalue weighted by molar-refractivity contribution is 0.329. The third kappa shape index (κ3) is 3.67. The summed E-state index contributed by atoms with van der Waals surface area (Å²) in [5.74, 6) is -0.345. The zero-order valence-corrected chi connectivity index (χ0v) is 11.5. The number of nitrogens with one attached hydrogen (secondary N) is 1. The van der Waals surface area contributed by atoms with E-state index in [-0.39, 0.29) is 16.9 Å². The Morgan fingerprint density at radius 1 is 1.39 bits per heavy atom. The summed E-state index contributed by atoms with van der Waals surface area (Å²) in [7, 11) is 0. The second-order valence-corrected chi connectivity index (χ2v) is 5.31. The Bertz CT molecular complexity index is 391. The van der Waals surface area contributed by atoms with Crippen molar-refractivity contribution >= 4 is 11.6 Å². The molecule has 0 aromatic heterocycles. The average Bonchev–Trinajstić information content (AvgIpc) is 2.85. The molecule has 1 unspecified atom stereocenters. The smallest absolute Gasteiger partial charge is 0.142 e. The molecule has 2 rings (SSSR count). The summed E-state index contributed by atoms with van der Waals surface area (Å²) in [5, 5.41) is 3.60. The minimum atomic E-state index is -0.345. The van der Waals surface area contributed by atoms with Crippen LogP contribution in [-0.2, 0) is 0 Å². The van der Waals surface area contributed by atoms with Crippen molar-refractivity contribution in [2.75, 3.05) is 26.2 Å². The van der Waals surface area contributed by atoms with Crippen LogP contribution in [0.25, 0.3) is 0 Å². The highest BCUT2D eigenvalue weighted by molar-refractivity contribution is 6.30. The van der Waals surface area contributed by atoms with Crippen molar-refractivity contribution in [1.82, 2.24) is 10.2 Å². The van der Waals surface area contributed by atoms with Gasteiger partial charge in [-0.15, -0.1) is 0 Å². The fraction of sp³-hybridized carbons (Fsp3) is 0.571. The van der Waals surface area contributed by atoms with Gasteiger partial charge in [0.15, 0.2) is 0 Å². The molecule has 1 N–H and O–H groups in total. The largest absolute Gasteiger partial charge is 0.309 e. The van der Waals surface area contributed by atoms with E-state index in [9.17, 15) is 4.39 Å². The number of nitrogens with zero attached hydrogens (tertiary/aromatic N) is 1. The van der Waals surface area contributed by atoms with Crippen molar-refractivity contribution in [2.24, 2.45) is 0 Å². The van der Waals surface area contributed by atoms with Crippen LogP contribution in [0.3, 0.4) is 0 Å². The topological polar surface area (TPSA) is 15.3 Å². The Balaban J connectivity index is 1.79. The van der Waals surface area contributed by atoms with E-state index in [0.29, 0.717) is 0 Å². The number of hydrogen-bond acceptors (Lipinski definition) is 2. The third-order valence-corrected chi connectivity index (χ3v) is 3.83. The highest BCUT2D eigenvalue weighted by Gasteiger charge is 2.12. The fourth-order valence-electron chi connectivity index (χ4n) is 2.34. The van der Waals surface area contributed by atoms with Gasteiger partial charge in [-0.3, -0.25) is 0 Å². The van der Waals surface area contributed by atoms with Crippen LogP contribution >= 0.6 is 11.6 Å². The van der Waals surface area contributed by atoms with E-state index in [2.05, 4.69) is 10.2 Å². The van der Waals surface area contributed by atoms with Crippen LogP contribution in [0.2, 0.25) is 5.02 Å². The summed E-state index contributed by atoms with van der Waals surface area (Å²) in [4.78, 5) is 2.46. The van der Waals surface area contributed by atoms with Gasteiger partial charge in [0.25, 0.3) is 0 Å². The molecule has 100 valence electrons. The van der Waals surface area contributed by atoms with Crippen LogP contribution in [-0.4, -0.2) is 31.1 Å². The van der Waals surface area contributed by atoms with Crippen LogP contribution in [0.15, 0.2) is 18.2 Å².